The van der Waals surface area contributed by atoms with Gasteiger partial charge in [-0.2, -0.15) is 5.26 Å². The predicted molar refractivity (Wildman–Crippen MR) is 75.5 cm³/mol. The maximum atomic E-state index is 12.2. The molecule has 3 nitrogen and oxygen atoms in total. The highest BCUT2D eigenvalue weighted by molar-refractivity contribution is 9.10. The quantitative estimate of drug-likeness (QED) is 0.486. The zero-order valence-corrected chi connectivity index (χ0v) is 11.8. The summed E-state index contributed by atoms with van der Waals surface area (Å²) in [5, 5.41) is 9.12. The molecule has 0 bridgehead atoms. The van der Waals surface area contributed by atoms with Gasteiger partial charge in [0, 0.05) is 4.47 Å². The van der Waals surface area contributed by atoms with Gasteiger partial charge in [0.05, 0.1) is 11.8 Å². The van der Waals surface area contributed by atoms with Crippen molar-refractivity contribution < 1.29 is 9.21 Å². The van der Waals surface area contributed by atoms with E-state index in [9.17, 15) is 4.79 Å². The summed E-state index contributed by atoms with van der Waals surface area (Å²) < 4.78 is 6.03. The third-order valence-corrected chi connectivity index (χ3v) is 3.18. The molecule has 0 aliphatic heterocycles. The molecule has 0 amide bonds. The van der Waals surface area contributed by atoms with Crippen molar-refractivity contribution in [1.82, 2.24) is 0 Å². The Hall–Kier alpha value is -2.12. The SMILES string of the molecule is Cc1occc1C(=O)/C(C#N)=C/c1ccc(Br)cc1. The van der Waals surface area contributed by atoms with Gasteiger partial charge in [-0.3, -0.25) is 4.79 Å². The number of hydrogen-bond acceptors (Lipinski definition) is 3. The summed E-state index contributed by atoms with van der Waals surface area (Å²) in [5.41, 5.74) is 1.31. The molecule has 0 spiro atoms. The number of rotatable bonds is 3. The summed E-state index contributed by atoms with van der Waals surface area (Å²) in [6.45, 7) is 1.70. The monoisotopic (exact) mass is 315 g/mol. The minimum atomic E-state index is -0.323. The number of carbonyl (C=O) groups is 1. The topological polar surface area (TPSA) is 54.0 Å². The van der Waals surface area contributed by atoms with E-state index in [1.54, 1.807) is 19.1 Å². The summed E-state index contributed by atoms with van der Waals surface area (Å²) in [6.07, 6.45) is 3.01. The lowest BCUT2D eigenvalue weighted by molar-refractivity contribution is 0.103. The fourth-order valence-electron chi connectivity index (χ4n) is 1.64. The standard InChI is InChI=1S/C15H10BrNO2/c1-10-14(6-7-19-10)15(18)12(9-17)8-11-2-4-13(16)5-3-11/h2-8H,1H3/b12-8+. The Morgan fingerprint density at radius 1 is 1.32 bits per heavy atom. The molecule has 0 aliphatic carbocycles. The highest BCUT2D eigenvalue weighted by Gasteiger charge is 2.16. The number of hydrogen-bond donors (Lipinski definition) is 0. The maximum absolute atomic E-state index is 12.2. The van der Waals surface area contributed by atoms with Crippen LogP contribution in [0.3, 0.4) is 0 Å². The first-order valence-corrected chi connectivity index (χ1v) is 6.37. The van der Waals surface area contributed by atoms with Crippen molar-refractivity contribution in [2.75, 3.05) is 0 Å². The van der Waals surface area contributed by atoms with Crippen LogP contribution in [0, 0.1) is 18.3 Å². The Balaban J connectivity index is 2.36. The molecule has 1 aromatic carbocycles. The Kier molecular flexibility index (Phi) is 3.98. The van der Waals surface area contributed by atoms with E-state index in [1.165, 1.54) is 6.26 Å². The van der Waals surface area contributed by atoms with Crippen LogP contribution in [0.2, 0.25) is 0 Å². The van der Waals surface area contributed by atoms with E-state index >= 15 is 0 Å². The smallest absolute Gasteiger partial charge is 0.207 e. The van der Waals surface area contributed by atoms with Crippen LogP contribution in [-0.4, -0.2) is 5.78 Å². The zero-order chi connectivity index (χ0) is 13.8. The molecular weight excluding hydrogens is 306 g/mol. The van der Waals surface area contributed by atoms with E-state index in [-0.39, 0.29) is 11.4 Å². The molecule has 0 radical (unpaired) electrons. The van der Waals surface area contributed by atoms with E-state index in [4.69, 9.17) is 9.68 Å². The van der Waals surface area contributed by atoms with Gasteiger partial charge in [-0.05, 0) is 36.8 Å². The molecule has 0 unspecified atom stereocenters. The normalized spacial score (nSPS) is 11.1. The molecular formula is C15H10BrNO2. The number of aryl methyl sites for hydroxylation is 1. The van der Waals surface area contributed by atoms with E-state index in [0.29, 0.717) is 11.3 Å². The third kappa shape index (κ3) is 3.01. The summed E-state index contributed by atoms with van der Waals surface area (Å²) in [5.74, 6) is 0.193. The second-order valence-corrected chi connectivity index (χ2v) is 4.86. The van der Waals surface area contributed by atoms with Crippen LogP contribution in [0.15, 0.2) is 51.1 Å². The number of Topliss-reactive ketones (excluding diaryl/α,β-unsaturated/α-hetero) is 1. The van der Waals surface area contributed by atoms with E-state index < -0.39 is 0 Å². The summed E-state index contributed by atoms with van der Waals surface area (Å²) in [6, 6.07) is 10.9. The van der Waals surface area contributed by atoms with Crippen molar-refractivity contribution in [2.45, 2.75) is 6.92 Å². The first kappa shape index (κ1) is 13.3. The second-order valence-electron chi connectivity index (χ2n) is 3.94. The van der Waals surface area contributed by atoms with Gasteiger partial charge in [0.1, 0.15) is 17.4 Å². The first-order chi connectivity index (χ1) is 9.11. The summed E-state index contributed by atoms with van der Waals surface area (Å²) >= 11 is 3.33. The van der Waals surface area contributed by atoms with Crippen molar-refractivity contribution in [3.8, 4) is 6.07 Å². The van der Waals surface area contributed by atoms with Crippen molar-refractivity contribution in [3.05, 3.63) is 63.5 Å². The predicted octanol–water partition coefficient (Wildman–Crippen LogP) is 4.14. The molecule has 0 fully saturated rings. The molecule has 1 heterocycles. The van der Waals surface area contributed by atoms with Gasteiger partial charge in [0.15, 0.2) is 0 Å². The van der Waals surface area contributed by atoms with Crippen molar-refractivity contribution in [1.29, 1.82) is 5.26 Å². The lowest BCUT2D eigenvalue weighted by Gasteiger charge is -1.98. The largest absolute Gasteiger partial charge is 0.469 e. The maximum Gasteiger partial charge on any atom is 0.207 e. The van der Waals surface area contributed by atoms with Gasteiger partial charge in [0.25, 0.3) is 0 Å². The number of halogens is 1. The summed E-state index contributed by atoms with van der Waals surface area (Å²) in [7, 11) is 0. The molecule has 2 aromatic rings. The van der Waals surface area contributed by atoms with Crippen LogP contribution in [-0.2, 0) is 0 Å². The van der Waals surface area contributed by atoms with E-state index in [1.807, 2.05) is 30.3 Å². The van der Waals surface area contributed by atoms with Gasteiger partial charge >= 0.3 is 0 Å². The Labute approximate surface area is 119 Å². The molecule has 94 valence electrons. The lowest BCUT2D eigenvalue weighted by Crippen LogP contribution is -2.02. The number of furan rings is 1. The molecule has 0 aliphatic rings. The number of nitriles is 1. The Morgan fingerprint density at radius 2 is 2.00 bits per heavy atom. The average Bonchev–Trinajstić information content (AvgIpc) is 2.83. The third-order valence-electron chi connectivity index (χ3n) is 2.65. The van der Waals surface area contributed by atoms with Crippen LogP contribution in [0.5, 0.6) is 0 Å². The van der Waals surface area contributed by atoms with Gasteiger partial charge in [-0.25, -0.2) is 0 Å². The number of carbonyl (C=O) groups excluding carboxylic acids is 1. The van der Waals surface area contributed by atoms with Gasteiger partial charge in [-0.15, -0.1) is 0 Å². The second kappa shape index (κ2) is 5.68. The summed E-state index contributed by atoms with van der Waals surface area (Å²) in [4.78, 5) is 12.2. The van der Waals surface area contributed by atoms with Crippen molar-refractivity contribution >= 4 is 27.8 Å². The average molecular weight is 316 g/mol. The first-order valence-electron chi connectivity index (χ1n) is 5.58. The molecule has 19 heavy (non-hydrogen) atoms. The molecule has 1 aromatic heterocycles. The highest BCUT2D eigenvalue weighted by atomic mass is 79.9. The molecule has 2 rings (SSSR count). The molecule has 4 heteroatoms. The number of nitrogens with zero attached hydrogens (tertiary/aromatic N) is 1. The minimum Gasteiger partial charge on any atom is -0.469 e. The van der Waals surface area contributed by atoms with Gasteiger partial charge < -0.3 is 4.42 Å². The van der Waals surface area contributed by atoms with Crippen molar-refractivity contribution in [2.24, 2.45) is 0 Å². The van der Waals surface area contributed by atoms with Crippen molar-refractivity contribution in [3.63, 3.8) is 0 Å². The van der Waals surface area contributed by atoms with Crippen LogP contribution in [0.1, 0.15) is 21.7 Å². The van der Waals surface area contributed by atoms with Crippen LogP contribution in [0.4, 0.5) is 0 Å². The number of benzene rings is 1. The molecule has 0 N–H and O–H groups in total. The Morgan fingerprint density at radius 3 is 2.53 bits per heavy atom. The number of ketones is 1. The van der Waals surface area contributed by atoms with Gasteiger partial charge in [0.2, 0.25) is 5.78 Å². The van der Waals surface area contributed by atoms with E-state index in [2.05, 4.69) is 15.9 Å². The fraction of sp³-hybridized carbons (Fsp3) is 0.0667. The Bertz CT molecular complexity index is 675. The molecule has 0 saturated heterocycles. The lowest BCUT2D eigenvalue weighted by atomic mass is 10.0. The van der Waals surface area contributed by atoms with E-state index in [0.717, 1.165) is 10.0 Å². The molecule has 0 atom stereocenters. The van der Waals surface area contributed by atoms with Crippen LogP contribution in [0.25, 0.3) is 6.08 Å². The van der Waals surface area contributed by atoms with Crippen LogP contribution >= 0.6 is 15.9 Å². The number of allylic oxidation sites excluding steroid dienone is 1. The minimum absolute atomic E-state index is 0.0897. The molecule has 0 saturated carbocycles. The highest BCUT2D eigenvalue weighted by Crippen LogP contribution is 2.17. The van der Waals surface area contributed by atoms with Gasteiger partial charge in [-0.1, -0.05) is 28.1 Å². The van der Waals surface area contributed by atoms with Crippen LogP contribution < -0.4 is 0 Å². The fourth-order valence-corrected chi connectivity index (χ4v) is 1.90. The zero-order valence-electron chi connectivity index (χ0n) is 10.2.